The lowest BCUT2D eigenvalue weighted by Crippen LogP contribution is -2.34. The van der Waals surface area contributed by atoms with Crippen LogP contribution in [-0.2, 0) is 4.79 Å². The Bertz CT molecular complexity index is 339. The zero-order valence-corrected chi connectivity index (χ0v) is 13.9. The fourth-order valence-corrected chi connectivity index (χ4v) is 1.59. The van der Waals surface area contributed by atoms with Gasteiger partial charge in [-0.3, -0.25) is 4.79 Å². The Hall–Kier alpha value is -0.550. The molecule has 0 fully saturated rings. The molecule has 0 unspecified atom stereocenters. The van der Waals surface area contributed by atoms with Gasteiger partial charge in [0.15, 0.2) is 0 Å². The van der Waals surface area contributed by atoms with Gasteiger partial charge in [-0.1, -0.05) is 0 Å². The number of anilines is 1. The molecule has 17 heavy (non-hydrogen) atoms. The highest BCUT2D eigenvalue weighted by Gasteiger charge is 2.14. The molecule has 0 bridgehead atoms. The first-order valence-corrected chi connectivity index (χ1v) is 5.00. The van der Waals surface area contributed by atoms with Gasteiger partial charge in [0.05, 0.1) is 7.11 Å². The fourth-order valence-electron chi connectivity index (χ4n) is 1.59. The van der Waals surface area contributed by atoms with Crippen LogP contribution in [0.3, 0.4) is 0 Å². The largest absolute Gasteiger partial charge is 0.497 e. The van der Waals surface area contributed by atoms with Gasteiger partial charge < -0.3 is 9.64 Å². The Morgan fingerprint density at radius 3 is 1.94 bits per heavy atom. The molecule has 1 aromatic carbocycles. The molecule has 0 N–H and O–H groups in total. The lowest BCUT2D eigenvalue weighted by atomic mass is 10.2. The molecule has 0 aliphatic rings. The first-order valence-electron chi connectivity index (χ1n) is 5.00. The van der Waals surface area contributed by atoms with Crippen molar-refractivity contribution in [3.63, 3.8) is 0 Å². The zero-order valence-electron chi connectivity index (χ0n) is 10.5. The van der Waals surface area contributed by atoms with Crippen LogP contribution >= 0.6 is 34.0 Å². The van der Waals surface area contributed by atoms with Gasteiger partial charge >= 0.3 is 0 Å². The second-order valence-corrected chi connectivity index (χ2v) is 3.68. The number of carbonyl (C=O) groups is 1. The van der Waals surface area contributed by atoms with Crippen molar-refractivity contribution in [2.24, 2.45) is 0 Å². The van der Waals surface area contributed by atoms with Crippen molar-refractivity contribution in [3.05, 3.63) is 24.3 Å². The standard InChI is InChI=1S/C12H17NO2.2BrH/c1-9(2)13(10(3)14)11-5-7-12(15-4)8-6-11;;/h5-9H,1-4H3;2*1H. The van der Waals surface area contributed by atoms with E-state index < -0.39 is 0 Å². The maximum absolute atomic E-state index is 11.4. The molecule has 1 amide bonds. The molecule has 1 aromatic rings. The summed E-state index contributed by atoms with van der Waals surface area (Å²) in [5.74, 6) is 0.848. The molecule has 0 atom stereocenters. The van der Waals surface area contributed by atoms with Gasteiger partial charge in [0.25, 0.3) is 0 Å². The van der Waals surface area contributed by atoms with Crippen molar-refractivity contribution in [1.29, 1.82) is 0 Å². The van der Waals surface area contributed by atoms with Crippen LogP contribution in [-0.4, -0.2) is 19.1 Å². The van der Waals surface area contributed by atoms with Gasteiger partial charge in [0.2, 0.25) is 5.91 Å². The van der Waals surface area contributed by atoms with Crippen LogP contribution in [0.15, 0.2) is 24.3 Å². The third-order valence-electron chi connectivity index (χ3n) is 2.21. The maximum atomic E-state index is 11.4. The molecule has 0 aliphatic heterocycles. The predicted molar refractivity (Wildman–Crippen MR) is 81.9 cm³/mol. The van der Waals surface area contributed by atoms with Crippen LogP contribution in [0.2, 0.25) is 0 Å². The smallest absolute Gasteiger partial charge is 0.224 e. The average molecular weight is 369 g/mol. The molecule has 1 rings (SSSR count). The van der Waals surface area contributed by atoms with Crippen molar-refractivity contribution in [3.8, 4) is 5.75 Å². The number of carbonyl (C=O) groups excluding carboxylic acids is 1. The second-order valence-electron chi connectivity index (χ2n) is 3.68. The molecule has 0 saturated carbocycles. The van der Waals surface area contributed by atoms with E-state index >= 15 is 0 Å². The number of benzene rings is 1. The predicted octanol–water partition coefficient (Wildman–Crippen LogP) is 3.61. The quantitative estimate of drug-likeness (QED) is 0.815. The van der Waals surface area contributed by atoms with E-state index in [1.165, 1.54) is 0 Å². The molecule has 0 spiro atoms. The lowest BCUT2D eigenvalue weighted by molar-refractivity contribution is -0.116. The number of nitrogens with zero attached hydrogens (tertiary/aromatic N) is 1. The summed E-state index contributed by atoms with van der Waals surface area (Å²) in [6.07, 6.45) is 0. The number of halogens is 2. The number of methoxy groups -OCH3 is 1. The van der Waals surface area contributed by atoms with Gasteiger partial charge in [0, 0.05) is 18.7 Å². The van der Waals surface area contributed by atoms with Crippen LogP contribution in [0.4, 0.5) is 5.69 Å². The molecule has 0 aromatic heterocycles. The normalized spacial score (nSPS) is 9.00. The van der Waals surface area contributed by atoms with Crippen molar-refractivity contribution >= 4 is 45.6 Å². The van der Waals surface area contributed by atoms with Gasteiger partial charge in [-0.25, -0.2) is 0 Å². The monoisotopic (exact) mass is 367 g/mol. The summed E-state index contributed by atoms with van der Waals surface area (Å²) in [4.78, 5) is 13.2. The van der Waals surface area contributed by atoms with Crippen molar-refractivity contribution in [1.82, 2.24) is 0 Å². The minimum Gasteiger partial charge on any atom is -0.497 e. The first-order chi connectivity index (χ1) is 7.06. The van der Waals surface area contributed by atoms with E-state index in [9.17, 15) is 4.79 Å². The van der Waals surface area contributed by atoms with E-state index in [4.69, 9.17) is 4.74 Å². The van der Waals surface area contributed by atoms with Gasteiger partial charge in [-0.05, 0) is 38.1 Å². The number of hydrogen-bond acceptors (Lipinski definition) is 2. The Morgan fingerprint density at radius 1 is 1.18 bits per heavy atom. The van der Waals surface area contributed by atoms with E-state index in [1.807, 2.05) is 38.1 Å². The van der Waals surface area contributed by atoms with E-state index in [1.54, 1.807) is 18.9 Å². The Kier molecular flexibility index (Phi) is 9.43. The molecule has 0 heterocycles. The van der Waals surface area contributed by atoms with Gasteiger partial charge in [0.1, 0.15) is 5.75 Å². The van der Waals surface area contributed by atoms with E-state index in [0.29, 0.717) is 0 Å². The zero-order chi connectivity index (χ0) is 11.4. The Morgan fingerprint density at radius 2 is 1.65 bits per heavy atom. The van der Waals surface area contributed by atoms with Crippen molar-refractivity contribution in [2.45, 2.75) is 26.8 Å². The minimum absolute atomic E-state index is 0. The average Bonchev–Trinajstić information content (AvgIpc) is 2.18. The topological polar surface area (TPSA) is 29.5 Å². The molecule has 0 radical (unpaired) electrons. The SMILES string of the molecule is Br.Br.COc1ccc(N(C(C)=O)C(C)C)cc1. The summed E-state index contributed by atoms with van der Waals surface area (Å²) in [6.45, 7) is 5.56. The number of ether oxygens (including phenoxy) is 1. The summed E-state index contributed by atoms with van der Waals surface area (Å²) < 4.78 is 5.07. The van der Waals surface area contributed by atoms with Crippen molar-refractivity contribution < 1.29 is 9.53 Å². The molecule has 5 heteroatoms. The highest BCUT2D eigenvalue weighted by atomic mass is 79.9. The number of rotatable bonds is 3. The van der Waals surface area contributed by atoms with E-state index in [-0.39, 0.29) is 45.9 Å². The third-order valence-corrected chi connectivity index (χ3v) is 2.21. The van der Waals surface area contributed by atoms with Crippen LogP contribution in [0.5, 0.6) is 5.75 Å². The summed E-state index contributed by atoms with van der Waals surface area (Å²) in [7, 11) is 1.63. The second kappa shape index (κ2) is 8.53. The maximum Gasteiger partial charge on any atom is 0.224 e. The molecular weight excluding hydrogens is 350 g/mol. The summed E-state index contributed by atoms with van der Waals surface area (Å²) >= 11 is 0. The summed E-state index contributed by atoms with van der Waals surface area (Å²) in [6, 6.07) is 7.65. The van der Waals surface area contributed by atoms with E-state index in [0.717, 1.165) is 11.4 Å². The Balaban J connectivity index is 0. The van der Waals surface area contributed by atoms with Crippen LogP contribution < -0.4 is 9.64 Å². The first kappa shape index (κ1) is 18.8. The lowest BCUT2D eigenvalue weighted by Gasteiger charge is -2.25. The molecule has 98 valence electrons. The summed E-state index contributed by atoms with van der Waals surface area (Å²) in [5, 5.41) is 0. The fraction of sp³-hybridized carbons (Fsp3) is 0.417. The van der Waals surface area contributed by atoms with Crippen molar-refractivity contribution in [2.75, 3.05) is 12.0 Å². The van der Waals surface area contributed by atoms with Gasteiger partial charge in [-0.15, -0.1) is 34.0 Å². The Labute approximate surface area is 124 Å². The molecule has 0 aliphatic carbocycles. The molecule has 0 saturated heterocycles. The van der Waals surface area contributed by atoms with Gasteiger partial charge in [-0.2, -0.15) is 0 Å². The minimum atomic E-state index is 0. The highest BCUT2D eigenvalue weighted by Crippen LogP contribution is 2.21. The number of hydrogen-bond donors (Lipinski definition) is 0. The highest BCUT2D eigenvalue weighted by molar-refractivity contribution is 8.93. The third kappa shape index (κ3) is 5.08. The van der Waals surface area contributed by atoms with Crippen LogP contribution in [0, 0.1) is 0 Å². The van der Waals surface area contributed by atoms with Crippen LogP contribution in [0.25, 0.3) is 0 Å². The molecular formula is C12H19Br2NO2. The number of amides is 1. The van der Waals surface area contributed by atoms with Crippen LogP contribution in [0.1, 0.15) is 20.8 Å². The van der Waals surface area contributed by atoms with E-state index in [2.05, 4.69) is 0 Å². The molecule has 3 nitrogen and oxygen atoms in total. The summed E-state index contributed by atoms with van der Waals surface area (Å²) in [5.41, 5.74) is 0.901.